The fourth-order valence-electron chi connectivity index (χ4n) is 0.458. The van der Waals surface area contributed by atoms with Crippen LogP contribution in [0.25, 0.3) is 0 Å². The number of carboxylic acid groups (broad SMARTS) is 1. The molecule has 0 aromatic carbocycles. The molecule has 0 atom stereocenters. The summed E-state index contributed by atoms with van der Waals surface area (Å²) in [6.07, 6.45) is 4.67. The minimum Gasteiger partial charge on any atom is -0.478 e. The number of ether oxygens (including phenoxy) is 1. The molecule has 0 aromatic heterocycles. The van der Waals surface area contributed by atoms with Gasteiger partial charge in [-0.05, 0) is 13.0 Å². The predicted octanol–water partition coefficient (Wildman–Crippen LogP) is 0.428. The van der Waals surface area contributed by atoms with E-state index in [2.05, 4.69) is 10.5 Å². The van der Waals surface area contributed by atoms with Gasteiger partial charge in [-0.2, -0.15) is 0 Å². The number of aliphatic carboxylic acids is 1. The molecule has 74 valence electrons. The third kappa shape index (κ3) is 6.57. The molecule has 14 heavy (non-hydrogen) atoms. The lowest BCUT2D eigenvalue weighted by Gasteiger charge is -1.80. The first-order chi connectivity index (χ1) is 6.56. The molecule has 0 amide bonds. The summed E-state index contributed by atoms with van der Waals surface area (Å²) in [5, 5.41) is 7.91. The Morgan fingerprint density at radius 2 is 1.93 bits per heavy atom. The maximum Gasteiger partial charge on any atom is 0.338 e. The number of hydrogen-bond acceptors (Lipinski definition) is 4. The molecule has 5 nitrogen and oxygen atoms in total. The van der Waals surface area contributed by atoms with E-state index in [4.69, 9.17) is 5.11 Å². The third-order valence-corrected chi connectivity index (χ3v) is 0.930. The summed E-state index contributed by atoms with van der Waals surface area (Å²) in [6, 6.07) is 0. The molecule has 0 unspecified atom stereocenters. The van der Waals surface area contributed by atoms with Gasteiger partial charge in [-0.3, -0.25) is 0 Å². The summed E-state index contributed by atoms with van der Waals surface area (Å²) in [4.78, 5) is 29.5. The topological polar surface area (TPSA) is 80.7 Å². The van der Waals surface area contributed by atoms with Gasteiger partial charge in [-0.15, -0.1) is 5.73 Å². The molecule has 0 bridgehead atoms. The van der Waals surface area contributed by atoms with Crippen LogP contribution < -0.4 is 0 Å². The zero-order chi connectivity index (χ0) is 11.0. The van der Waals surface area contributed by atoms with Crippen molar-refractivity contribution in [2.75, 3.05) is 0 Å². The van der Waals surface area contributed by atoms with Crippen molar-refractivity contribution in [3.63, 3.8) is 0 Å². The fraction of sp³-hybridized carbons (Fsp3) is 0.111. The molecule has 1 aliphatic rings. The Hall–Kier alpha value is -2.13. The van der Waals surface area contributed by atoms with Crippen LogP contribution in [0.15, 0.2) is 30.0 Å². The normalized spacial score (nSPS) is 12.1. The number of rotatable bonds is 1. The van der Waals surface area contributed by atoms with Gasteiger partial charge < -0.3 is 9.84 Å². The third-order valence-electron chi connectivity index (χ3n) is 0.930. The number of carbonyl (C=O) groups excluding carboxylic acids is 2. The second kappa shape index (κ2) is 6.39. The van der Waals surface area contributed by atoms with Gasteiger partial charge in [0.25, 0.3) is 0 Å². The maximum atomic E-state index is 9.92. The quantitative estimate of drug-likeness (QED) is 0.284. The number of esters is 2. The summed E-state index contributed by atoms with van der Waals surface area (Å²) in [6.45, 7) is 1.71. The highest BCUT2D eigenvalue weighted by Gasteiger charge is 2.10. The van der Waals surface area contributed by atoms with Crippen molar-refractivity contribution in [1.29, 1.82) is 0 Å². The Bertz CT molecular complexity index is 315. The van der Waals surface area contributed by atoms with Crippen molar-refractivity contribution in [1.82, 2.24) is 0 Å². The number of carbonyl (C=O) groups is 3. The highest BCUT2D eigenvalue weighted by atomic mass is 16.6. The van der Waals surface area contributed by atoms with Gasteiger partial charge >= 0.3 is 17.9 Å². The zero-order valence-corrected chi connectivity index (χ0v) is 7.39. The lowest BCUT2D eigenvalue weighted by Crippen LogP contribution is -1.96. The zero-order valence-electron chi connectivity index (χ0n) is 7.39. The highest BCUT2D eigenvalue weighted by Crippen LogP contribution is 1.92. The van der Waals surface area contributed by atoms with Crippen LogP contribution >= 0.6 is 0 Å². The Morgan fingerprint density at radius 1 is 1.43 bits per heavy atom. The fourth-order valence-corrected chi connectivity index (χ4v) is 0.458. The Kier molecular flexibility index (Phi) is 5.42. The van der Waals surface area contributed by atoms with E-state index in [1.165, 1.54) is 6.08 Å². The van der Waals surface area contributed by atoms with Crippen LogP contribution in [0.3, 0.4) is 0 Å². The van der Waals surface area contributed by atoms with E-state index in [0.29, 0.717) is 0 Å². The Balaban J connectivity index is 0.000000241. The smallest absolute Gasteiger partial charge is 0.338 e. The summed E-state index contributed by atoms with van der Waals surface area (Å²) in [7, 11) is 0. The van der Waals surface area contributed by atoms with Crippen LogP contribution in [0.1, 0.15) is 6.92 Å². The lowest BCUT2D eigenvalue weighted by molar-refractivity contribution is -0.150. The van der Waals surface area contributed by atoms with E-state index in [0.717, 1.165) is 18.2 Å². The van der Waals surface area contributed by atoms with E-state index in [9.17, 15) is 14.4 Å². The van der Waals surface area contributed by atoms with E-state index in [1.54, 1.807) is 6.92 Å². The van der Waals surface area contributed by atoms with Crippen molar-refractivity contribution in [3.05, 3.63) is 30.0 Å². The number of hydrogen-bond donors (Lipinski definition) is 1. The van der Waals surface area contributed by atoms with Gasteiger partial charge in [0.2, 0.25) is 0 Å². The van der Waals surface area contributed by atoms with Crippen LogP contribution in [0.5, 0.6) is 0 Å². The molecular weight excluding hydrogens is 188 g/mol. The van der Waals surface area contributed by atoms with Gasteiger partial charge in [-0.25, -0.2) is 14.4 Å². The van der Waals surface area contributed by atoms with Crippen LogP contribution in [-0.4, -0.2) is 23.0 Å². The predicted molar refractivity (Wildman–Crippen MR) is 46.2 cm³/mol. The largest absolute Gasteiger partial charge is 0.478 e. The van der Waals surface area contributed by atoms with Crippen molar-refractivity contribution in [3.8, 4) is 0 Å². The van der Waals surface area contributed by atoms with Crippen LogP contribution in [-0.2, 0) is 19.1 Å². The molecular formula is C9H8O5. The Labute approximate surface area is 80.0 Å². The summed E-state index contributed by atoms with van der Waals surface area (Å²) < 4.78 is 3.97. The molecule has 0 radical (unpaired) electrons. The first-order valence-corrected chi connectivity index (χ1v) is 3.60. The van der Waals surface area contributed by atoms with E-state index in [-0.39, 0.29) is 0 Å². The average Bonchev–Trinajstić information content (AvgIpc) is 2.47. The molecule has 0 aliphatic carbocycles. The first kappa shape index (κ1) is 11.9. The standard InChI is InChI=1S/C5H6O2.C4H2O3/c1-2-3-4-5(6)7;5-3-1-2-4(6)7-3/h2,4H,1H3,(H,6,7);1-2H. The van der Waals surface area contributed by atoms with E-state index >= 15 is 0 Å². The molecule has 1 heterocycles. The minimum absolute atomic E-state index is 0.579. The number of cyclic esters (lactones) is 2. The molecule has 0 aromatic rings. The maximum absolute atomic E-state index is 9.92. The van der Waals surface area contributed by atoms with E-state index < -0.39 is 17.9 Å². The SMILES string of the molecule is CC=C=CC(=O)O.O=C1C=CC(=O)O1. The van der Waals surface area contributed by atoms with Crippen LogP contribution in [0, 0.1) is 0 Å². The van der Waals surface area contributed by atoms with Gasteiger partial charge in [0.1, 0.15) is 0 Å². The van der Waals surface area contributed by atoms with Gasteiger partial charge in [0.15, 0.2) is 0 Å². The monoisotopic (exact) mass is 196 g/mol. The summed E-state index contributed by atoms with van der Waals surface area (Å²) in [5.41, 5.74) is 2.40. The van der Waals surface area contributed by atoms with Gasteiger partial charge in [-0.1, -0.05) is 0 Å². The Morgan fingerprint density at radius 3 is 2.07 bits per heavy atom. The average molecular weight is 196 g/mol. The van der Waals surface area contributed by atoms with Crippen molar-refractivity contribution in [2.24, 2.45) is 0 Å². The van der Waals surface area contributed by atoms with Gasteiger partial charge in [0, 0.05) is 12.2 Å². The molecule has 1 rings (SSSR count). The minimum atomic E-state index is -0.960. The highest BCUT2D eigenvalue weighted by molar-refractivity contribution is 6.04. The summed E-state index contributed by atoms with van der Waals surface area (Å²) in [5.74, 6) is -2.12. The molecule has 0 saturated carbocycles. The molecule has 0 saturated heterocycles. The van der Waals surface area contributed by atoms with Crippen molar-refractivity contribution < 1.29 is 24.2 Å². The van der Waals surface area contributed by atoms with E-state index in [1.807, 2.05) is 0 Å². The molecule has 0 spiro atoms. The lowest BCUT2D eigenvalue weighted by atomic mass is 10.6. The van der Waals surface area contributed by atoms with Crippen LogP contribution in [0.4, 0.5) is 0 Å². The molecule has 1 N–H and O–H groups in total. The van der Waals surface area contributed by atoms with Gasteiger partial charge in [0.05, 0.1) is 6.08 Å². The van der Waals surface area contributed by atoms with Crippen molar-refractivity contribution in [2.45, 2.75) is 6.92 Å². The first-order valence-electron chi connectivity index (χ1n) is 3.60. The van der Waals surface area contributed by atoms with Crippen molar-refractivity contribution >= 4 is 17.9 Å². The van der Waals surface area contributed by atoms with Crippen LogP contribution in [0.2, 0.25) is 0 Å². The molecule has 0 fully saturated rings. The molecule has 5 heteroatoms. The molecule has 1 aliphatic heterocycles. The second-order valence-electron chi connectivity index (χ2n) is 2.01. The number of carboxylic acids is 1. The second-order valence-corrected chi connectivity index (χ2v) is 2.01. The summed E-state index contributed by atoms with van der Waals surface area (Å²) >= 11 is 0.